The van der Waals surface area contributed by atoms with E-state index in [1.807, 2.05) is 0 Å². The molecule has 0 aliphatic heterocycles. The minimum Gasteiger partial charge on any atom is -0.320 e. The Balaban J connectivity index is 1.66. The highest BCUT2D eigenvalue weighted by molar-refractivity contribution is 7.86. The first kappa shape index (κ1) is 23.4. The largest absolute Gasteiger partial charge is 0.320 e. The third-order valence-electron chi connectivity index (χ3n) is 4.82. The Labute approximate surface area is 193 Å². The lowest BCUT2D eigenvalue weighted by molar-refractivity contribution is 0.101. The van der Waals surface area contributed by atoms with Crippen LogP contribution in [0.1, 0.15) is 23.7 Å². The van der Waals surface area contributed by atoms with Gasteiger partial charge in [0.25, 0.3) is 5.91 Å². The van der Waals surface area contributed by atoms with Gasteiger partial charge >= 0.3 is 0 Å². The molecule has 0 fully saturated rings. The van der Waals surface area contributed by atoms with Gasteiger partial charge in [-0.3, -0.25) is 9.89 Å². The first-order valence-corrected chi connectivity index (χ1v) is 11.3. The van der Waals surface area contributed by atoms with Gasteiger partial charge in [0, 0.05) is 16.7 Å². The van der Waals surface area contributed by atoms with Crippen molar-refractivity contribution < 1.29 is 26.6 Å². The van der Waals surface area contributed by atoms with Crippen LogP contribution < -0.4 is 10.0 Å². The molecule has 176 valence electrons. The summed E-state index contributed by atoms with van der Waals surface area (Å²) in [5.41, 5.74) is -0.989. The Morgan fingerprint density at radius 1 is 1.09 bits per heavy atom. The molecule has 0 aliphatic carbocycles. The summed E-state index contributed by atoms with van der Waals surface area (Å²) in [6, 6.07) is 6.91. The van der Waals surface area contributed by atoms with Gasteiger partial charge in [-0.15, -0.1) is 0 Å². The van der Waals surface area contributed by atoms with Crippen LogP contribution in [0.25, 0.3) is 22.3 Å². The van der Waals surface area contributed by atoms with Crippen molar-refractivity contribution in [1.29, 1.82) is 0 Å². The molecule has 0 radical (unpaired) electrons. The molecule has 0 spiro atoms. The molecule has 34 heavy (non-hydrogen) atoms. The van der Waals surface area contributed by atoms with E-state index < -0.39 is 45.7 Å². The summed E-state index contributed by atoms with van der Waals surface area (Å²) in [6.07, 6.45) is 1.77. The molecular weight excluding hydrogens is 474 g/mol. The van der Waals surface area contributed by atoms with Crippen molar-refractivity contribution in [2.45, 2.75) is 13.3 Å². The quantitative estimate of drug-likeness (QED) is 0.320. The second kappa shape index (κ2) is 9.59. The van der Waals surface area contributed by atoms with E-state index in [-0.39, 0.29) is 39.4 Å². The lowest BCUT2D eigenvalue weighted by atomic mass is 10.1. The van der Waals surface area contributed by atoms with E-state index in [2.05, 4.69) is 25.2 Å². The number of halogens is 4. The van der Waals surface area contributed by atoms with Gasteiger partial charge in [0.15, 0.2) is 23.1 Å². The first-order chi connectivity index (χ1) is 16.3. The first-order valence-electron chi connectivity index (χ1n) is 10.0. The molecule has 0 saturated heterocycles. The lowest BCUT2D eigenvalue weighted by Gasteiger charge is -2.11. The molecule has 1 unspecified atom stereocenters. The number of pyridine rings is 1. The molecule has 1 atom stereocenters. The Hall–Kier alpha value is -3.80. The van der Waals surface area contributed by atoms with E-state index in [0.29, 0.717) is 6.42 Å². The van der Waals surface area contributed by atoms with E-state index in [1.54, 1.807) is 6.92 Å². The average molecular weight is 491 g/mol. The molecule has 7 nitrogen and oxygen atoms in total. The maximum absolute atomic E-state index is 14.9. The standard InChI is InChI=1S/C22H17F4N5O2S/c1-2-8-34(33)31-16-7-6-14(23)17(19(16)26)22(32)28-11-9-13-20(29-30-21(13)27-10-11)12-4-3-5-15(24)18(12)25/h3-7,9-10,31H,2,8H2,1H3,(H,28,32)(H,27,29,30). The Bertz CT molecular complexity index is 1430. The van der Waals surface area contributed by atoms with Crippen molar-refractivity contribution in [2.24, 2.45) is 0 Å². The van der Waals surface area contributed by atoms with Gasteiger partial charge in [-0.1, -0.05) is 13.0 Å². The maximum atomic E-state index is 14.9. The van der Waals surface area contributed by atoms with Crippen molar-refractivity contribution in [3.63, 3.8) is 0 Å². The number of hydrogen-bond donors (Lipinski definition) is 3. The summed E-state index contributed by atoms with van der Waals surface area (Å²) in [7, 11) is -1.61. The molecule has 2 aromatic heterocycles. The smallest absolute Gasteiger partial charge is 0.261 e. The highest BCUT2D eigenvalue weighted by Crippen LogP contribution is 2.30. The second-order valence-corrected chi connectivity index (χ2v) is 8.49. The Morgan fingerprint density at radius 2 is 1.88 bits per heavy atom. The van der Waals surface area contributed by atoms with Gasteiger partial charge in [0.05, 0.1) is 23.3 Å². The van der Waals surface area contributed by atoms with E-state index >= 15 is 0 Å². The number of hydrogen-bond acceptors (Lipinski definition) is 4. The summed E-state index contributed by atoms with van der Waals surface area (Å²) in [5, 5.41) is 9.09. The topological polar surface area (TPSA) is 99.8 Å². The minimum absolute atomic E-state index is 0.0312. The lowest BCUT2D eigenvalue weighted by Crippen LogP contribution is -2.18. The zero-order valence-electron chi connectivity index (χ0n) is 17.6. The number of nitrogens with one attached hydrogen (secondary N) is 3. The normalized spacial score (nSPS) is 12.0. The van der Waals surface area contributed by atoms with Crippen LogP contribution in [0.15, 0.2) is 42.6 Å². The molecule has 4 rings (SSSR count). The van der Waals surface area contributed by atoms with Gasteiger partial charge in [-0.2, -0.15) is 5.10 Å². The molecule has 2 aromatic carbocycles. The number of benzene rings is 2. The number of carbonyl (C=O) groups excluding carboxylic acids is 1. The number of anilines is 2. The van der Waals surface area contributed by atoms with Crippen LogP contribution >= 0.6 is 0 Å². The summed E-state index contributed by atoms with van der Waals surface area (Å²) in [6.45, 7) is 1.79. The number of carbonyl (C=O) groups is 1. The molecular formula is C22H17F4N5O2S. The van der Waals surface area contributed by atoms with E-state index in [4.69, 9.17) is 0 Å². The Morgan fingerprint density at radius 3 is 2.65 bits per heavy atom. The SMILES string of the molecule is CCCS(=O)Nc1ccc(F)c(C(=O)Nc2cnc3n[nH]c(-c4cccc(F)c4F)c3c2)c1F. The second-order valence-electron chi connectivity index (χ2n) is 7.18. The molecule has 1 amide bonds. The monoisotopic (exact) mass is 491 g/mol. The molecule has 0 bridgehead atoms. The third-order valence-corrected chi connectivity index (χ3v) is 6.05. The number of aromatic amines is 1. The minimum atomic E-state index is -1.61. The van der Waals surface area contributed by atoms with Crippen LogP contribution in [-0.4, -0.2) is 31.1 Å². The third kappa shape index (κ3) is 4.49. The van der Waals surface area contributed by atoms with E-state index in [1.165, 1.54) is 24.4 Å². The van der Waals surface area contributed by atoms with Crippen LogP contribution in [0.2, 0.25) is 0 Å². The van der Waals surface area contributed by atoms with Crippen LogP contribution in [0.4, 0.5) is 28.9 Å². The fourth-order valence-corrected chi connectivity index (χ4v) is 4.14. The number of H-pyrrole nitrogens is 1. The summed E-state index contributed by atoms with van der Waals surface area (Å²) >= 11 is 0. The number of nitrogens with zero attached hydrogens (tertiary/aromatic N) is 2. The van der Waals surface area contributed by atoms with E-state index in [9.17, 15) is 26.6 Å². The fourth-order valence-electron chi connectivity index (χ4n) is 3.26. The van der Waals surface area contributed by atoms with Gasteiger partial charge < -0.3 is 10.0 Å². The highest BCUT2D eigenvalue weighted by atomic mass is 32.2. The predicted octanol–water partition coefficient (Wildman–Crippen LogP) is 4.92. The molecule has 3 N–H and O–H groups in total. The molecule has 0 saturated carbocycles. The van der Waals surface area contributed by atoms with Crippen LogP contribution in [0.5, 0.6) is 0 Å². The zero-order valence-corrected chi connectivity index (χ0v) is 18.4. The van der Waals surface area contributed by atoms with Gasteiger partial charge in [-0.05, 0) is 36.8 Å². The number of fused-ring (bicyclic) bond motifs is 1. The zero-order chi connectivity index (χ0) is 24.4. The van der Waals surface area contributed by atoms with Gasteiger partial charge in [-0.25, -0.2) is 26.8 Å². The van der Waals surface area contributed by atoms with Crippen LogP contribution in [0, 0.1) is 23.3 Å². The Kier molecular flexibility index (Phi) is 6.59. The van der Waals surface area contributed by atoms with Gasteiger partial charge in [0.2, 0.25) is 0 Å². The molecule has 0 aliphatic rings. The number of aromatic nitrogens is 3. The number of rotatable bonds is 7. The molecule has 12 heteroatoms. The maximum Gasteiger partial charge on any atom is 0.261 e. The van der Waals surface area contributed by atoms with Crippen molar-refractivity contribution in [3.05, 3.63) is 71.4 Å². The van der Waals surface area contributed by atoms with Gasteiger partial charge in [0.1, 0.15) is 22.4 Å². The average Bonchev–Trinajstić information content (AvgIpc) is 3.21. The van der Waals surface area contributed by atoms with Crippen molar-refractivity contribution >= 4 is 39.3 Å². The van der Waals surface area contributed by atoms with Crippen molar-refractivity contribution in [3.8, 4) is 11.3 Å². The summed E-state index contributed by atoms with van der Waals surface area (Å²) < 4.78 is 71.4. The molecule has 2 heterocycles. The van der Waals surface area contributed by atoms with E-state index in [0.717, 1.165) is 18.2 Å². The van der Waals surface area contributed by atoms with Crippen LogP contribution in [-0.2, 0) is 11.0 Å². The van der Waals surface area contributed by atoms with Crippen LogP contribution in [0.3, 0.4) is 0 Å². The fraction of sp³-hybridized carbons (Fsp3) is 0.136. The predicted molar refractivity (Wildman–Crippen MR) is 120 cm³/mol. The highest BCUT2D eigenvalue weighted by Gasteiger charge is 2.22. The molecule has 4 aromatic rings. The summed E-state index contributed by atoms with van der Waals surface area (Å²) in [4.78, 5) is 16.7. The van der Waals surface area contributed by atoms with Crippen molar-refractivity contribution in [1.82, 2.24) is 15.2 Å². The van der Waals surface area contributed by atoms with Crippen molar-refractivity contribution in [2.75, 3.05) is 15.8 Å². The number of amides is 1. The summed E-state index contributed by atoms with van der Waals surface area (Å²) in [5.74, 6) is -5.37.